The van der Waals surface area contributed by atoms with Crippen LogP contribution in [-0.2, 0) is 4.74 Å². The van der Waals surface area contributed by atoms with Crippen molar-refractivity contribution in [2.75, 3.05) is 26.8 Å². The third kappa shape index (κ3) is 6.02. The van der Waals surface area contributed by atoms with Gasteiger partial charge in [0.25, 0.3) is 0 Å². The van der Waals surface area contributed by atoms with E-state index in [2.05, 4.69) is 18.7 Å². The summed E-state index contributed by atoms with van der Waals surface area (Å²) in [5.41, 5.74) is 5.78. The normalized spacial score (nSPS) is 16.2. The number of methoxy groups -OCH3 is 1. The minimum atomic E-state index is 0.242. The van der Waals surface area contributed by atoms with E-state index in [4.69, 9.17) is 10.5 Å². The van der Waals surface area contributed by atoms with Crippen LogP contribution in [0.5, 0.6) is 0 Å². The Kier molecular flexibility index (Phi) is 7.23. The fourth-order valence-corrected chi connectivity index (χ4v) is 1.33. The highest BCUT2D eigenvalue weighted by Crippen LogP contribution is 2.03. The first-order chi connectivity index (χ1) is 6.11. The van der Waals surface area contributed by atoms with Crippen molar-refractivity contribution in [1.82, 2.24) is 4.90 Å². The van der Waals surface area contributed by atoms with Crippen LogP contribution in [0.25, 0.3) is 0 Å². The van der Waals surface area contributed by atoms with Crippen molar-refractivity contribution >= 4 is 0 Å². The molecule has 0 rings (SSSR count). The summed E-state index contributed by atoms with van der Waals surface area (Å²) in [6.07, 6.45) is 1.16. The second kappa shape index (κ2) is 7.30. The highest BCUT2D eigenvalue weighted by atomic mass is 16.5. The zero-order chi connectivity index (χ0) is 10.3. The smallest absolute Gasteiger partial charge is 0.0589 e. The maximum absolute atomic E-state index is 5.78. The fraction of sp³-hybridized carbons (Fsp3) is 1.00. The molecule has 0 aliphatic heterocycles. The molecule has 80 valence electrons. The standard InChI is InChI=1S/C10H24N2O/c1-5-10(3)12(6-7-13-4)8-9(2)11/h9-10H,5-8,11H2,1-4H3/t9-,10?/m1/s1. The van der Waals surface area contributed by atoms with Gasteiger partial charge in [-0.1, -0.05) is 6.92 Å². The predicted molar refractivity (Wildman–Crippen MR) is 56.9 cm³/mol. The Bertz CT molecular complexity index is 117. The molecule has 0 aromatic rings. The number of ether oxygens (including phenoxy) is 1. The summed E-state index contributed by atoms with van der Waals surface area (Å²) in [5, 5.41) is 0. The zero-order valence-electron chi connectivity index (χ0n) is 9.42. The summed E-state index contributed by atoms with van der Waals surface area (Å²) in [6.45, 7) is 9.20. The van der Waals surface area contributed by atoms with E-state index in [-0.39, 0.29) is 6.04 Å². The quantitative estimate of drug-likeness (QED) is 0.650. The third-order valence-corrected chi connectivity index (χ3v) is 2.32. The van der Waals surface area contributed by atoms with Gasteiger partial charge >= 0.3 is 0 Å². The molecule has 0 fully saturated rings. The Morgan fingerprint density at radius 3 is 2.38 bits per heavy atom. The molecule has 0 radical (unpaired) electrons. The molecular formula is C10H24N2O. The first kappa shape index (κ1) is 12.9. The van der Waals surface area contributed by atoms with Crippen molar-refractivity contribution in [3.05, 3.63) is 0 Å². The monoisotopic (exact) mass is 188 g/mol. The Hall–Kier alpha value is -0.120. The highest BCUT2D eigenvalue weighted by molar-refractivity contribution is 4.69. The first-order valence-corrected chi connectivity index (χ1v) is 5.10. The molecular weight excluding hydrogens is 164 g/mol. The van der Waals surface area contributed by atoms with Crippen LogP contribution in [0.1, 0.15) is 27.2 Å². The summed E-state index contributed by atoms with van der Waals surface area (Å²) in [7, 11) is 1.74. The fourth-order valence-electron chi connectivity index (χ4n) is 1.33. The molecule has 13 heavy (non-hydrogen) atoms. The van der Waals surface area contributed by atoms with Crippen molar-refractivity contribution < 1.29 is 4.74 Å². The van der Waals surface area contributed by atoms with Crippen LogP contribution in [0.15, 0.2) is 0 Å². The van der Waals surface area contributed by atoms with Gasteiger partial charge < -0.3 is 10.5 Å². The molecule has 0 aliphatic carbocycles. The van der Waals surface area contributed by atoms with Gasteiger partial charge in [-0.05, 0) is 20.3 Å². The molecule has 0 bridgehead atoms. The molecule has 0 aromatic heterocycles. The van der Waals surface area contributed by atoms with E-state index < -0.39 is 0 Å². The van der Waals surface area contributed by atoms with Gasteiger partial charge in [0, 0.05) is 32.3 Å². The van der Waals surface area contributed by atoms with Gasteiger partial charge in [0.2, 0.25) is 0 Å². The number of nitrogens with two attached hydrogens (primary N) is 1. The summed E-state index contributed by atoms with van der Waals surface area (Å²) in [5.74, 6) is 0. The molecule has 1 unspecified atom stereocenters. The lowest BCUT2D eigenvalue weighted by molar-refractivity contribution is 0.119. The van der Waals surface area contributed by atoms with Gasteiger partial charge in [0.1, 0.15) is 0 Å². The van der Waals surface area contributed by atoms with Crippen LogP contribution < -0.4 is 5.73 Å². The van der Waals surface area contributed by atoms with Crippen LogP contribution in [0.2, 0.25) is 0 Å². The van der Waals surface area contributed by atoms with Crippen LogP contribution in [0.4, 0.5) is 0 Å². The topological polar surface area (TPSA) is 38.5 Å². The van der Waals surface area contributed by atoms with E-state index in [0.29, 0.717) is 6.04 Å². The third-order valence-electron chi connectivity index (χ3n) is 2.32. The average Bonchev–Trinajstić information content (AvgIpc) is 2.10. The Labute approximate surface area is 82.2 Å². The molecule has 0 aromatic carbocycles. The Balaban J connectivity index is 3.87. The van der Waals surface area contributed by atoms with E-state index in [9.17, 15) is 0 Å². The van der Waals surface area contributed by atoms with E-state index in [1.807, 2.05) is 6.92 Å². The van der Waals surface area contributed by atoms with Crippen LogP contribution in [0.3, 0.4) is 0 Å². The van der Waals surface area contributed by atoms with E-state index >= 15 is 0 Å². The molecule has 0 saturated heterocycles. The highest BCUT2D eigenvalue weighted by Gasteiger charge is 2.12. The summed E-state index contributed by atoms with van der Waals surface area (Å²) in [6, 6.07) is 0.840. The second-order valence-corrected chi connectivity index (χ2v) is 3.72. The molecule has 2 N–H and O–H groups in total. The van der Waals surface area contributed by atoms with Gasteiger partial charge in [-0.25, -0.2) is 0 Å². The van der Waals surface area contributed by atoms with Gasteiger partial charge in [0.15, 0.2) is 0 Å². The summed E-state index contributed by atoms with van der Waals surface area (Å²) >= 11 is 0. The van der Waals surface area contributed by atoms with Crippen molar-refractivity contribution in [3.8, 4) is 0 Å². The van der Waals surface area contributed by atoms with Crippen LogP contribution >= 0.6 is 0 Å². The van der Waals surface area contributed by atoms with E-state index in [1.165, 1.54) is 0 Å². The molecule has 0 spiro atoms. The predicted octanol–water partition coefficient (Wildman–Crippen LogP) is 1.08. The molecule has 0 aliphatic rings. The molecule has 3 nitrogen and oxygen atoms in total. The van der Waals surface area contributed by atoms with Crippen molar-refractivity contribution in [1.29, 1.82) is 0 Å². The van der Waals surface area contributed by atoms with Gasteiger partial charge in [-0.2, -0.15) is 0 Å². The molecule has 0 amide bonds. The SMILES string of the molecule is CCC(C)N(CCOC)C[C@@H](C)N. The Morgan fingerprint density at radius 1 is 1.38 bits per heavy atom. The van der Waals surface area contributed by atoms with Crippen molar-refractivity contribution in [3.63, 3.8) is 0 Å². The molecule has 3 heteroatoms. The van der Waals surface area contributed by atoms with E-state index in [1.54, 1.807) is 7.11 Å². The largest absolute Gasteiger partial charge is 0.383 e. The maximum atomic E-state index is 5.78. The van der Waals surface area contributed by atoms with Crippen molar-refractivity contribution in [2.45, 2.75) is 39.3 Å². The number of rotatable bonds is 7. The summed E-state index contributed by atoms with van der Waals surface area (Å²) in [4.78, 5) is 2.38. The van der Waals surface area contributed by atoms with E-state index in [0.717, 1.165) is 26.1 Å². The minimum absolute atomic E-state index is 0.242. The Morgan fingerprint density at radius 2 is 2.00 bits per heavy atom. The van der Waals surface area contributed by atoms with Crippen LogP contribution in [-0.4, -0.2) is 43.8 Å². The summed E-state index contributed by atoms with van der Waals surface area (Å²) < 4.78 is 5.07. The first-order valence-electron chi connectivity index (χ1n) is 5.10. The average molecular weight is 188 g/mol. The number of hydrogen-bond donors (Lipinski definition) is 1. The lowest BCUT2D eigenvalue weighted by Crippen LogP contribution is -2.42. The maximum Gasteiger partial charge on any atom is 0.0589 e. The van der Waals surface area contributed by atoms with Crippen LogP contribution in [0, 0.1) is 0 Å². The lowest BCUT2D eigenvalue weighted by atomic mass is 10.2. The molecule has 0 saturated carbocycles. The van der Waals surface area contributed by atoms with Crippen molar-refractivity contribution in [2.24, 2.45) is 5.73 Å². The molecule has 2 atom stereocenters. The molecule has 0 heterocycles. The minimum Gasteiger partial charge on any atom is -0.383 e. The second-order valence-electron chi connectivity index (χ2n) is 3.72. The van der Waals surface area contributed by atoms with Gasteiger partial charge in [-0.3, -0.25) is 4.90 Å². The lowest BCUT2D eigenvalue weighted by Gasteiger charge is -2.29. The number of hydrogen-bond acceptors (Lipinski definition) is 3. The zero-order valence-corrected chi connectivity index (χ0v) is 9.42. The van der Waals surface area contributed by atoms with Gasteiger partial charge in [-0.15, -0.1) is 0 Å². The number of nitrogens with zero attached hydrogens (tertiary/aromatic N) is 1. The van der Waals surface area contributed by atoms with Gasteiger partial charge in [0.05, 0.1) is 6.61 Å².